The number of rotatable bonds is 5. The number of carbonyl (C=O) groups is 1. The lowest BCUT2D eigenvalue weighted by Gasteiger charge is -2.21. The van der Waals surface area contributed by atoms with Gasteiger partial charge in [0, 0.05) is 17.7 Å². The number of H-pyrrole nitrogens is 1. The molecule has 1 atom stereocenters. The molecule has 3 rings (SSSR count). The molecule has 0 spiro atoms. The van der Waals surface area contributed by atoms with Crippen LogP contribution in [0.4, 0.5) is 0 Å². The minimum absolute atomic E-state index is 0.0149. The Morgan fingerprint density at radius 1 is 1.24 bits per heavy atom. The Labute approximate surface area is 127 Å². The summed E-state index contributed by atoms with van der Waals surface area (Å²) in [6, 6.07) is 2.27. The number of nitrogens with one attached hydrogen (secondary N) is 2. The molecule has 0 saturated heterocycles. The molecule has 21 heavy (non-hydrogen) atoms. The van der Waals surface area contributed by atoms with Gasteiger partial charge in [0.15, 0.2) is 0 Å². The SMILES string of the molecule is CC(C)C(NC(=O)c1cc(C2CCCCC2)[nH]n1)C1CC1. The minimum Gasteiger partial charge on any atom is -0.347 e. The Morgan fingerprint density at radius 3 is 2.57 bits per heavy atom. The van der Waals surface area contributed by atoms with Crippen molar-refractivity contribution in [3.63, 3.8) is 0 Å². The van der Waals surface area contributed by atoms with Crippen molar-refractivity contribution in [2.45, 2.75) is 70.8 Å². The molecule has 2 saturated carbocycles. The first-order valence-electron chi connectivity index (χ1n) is 8.51. The zero-order chi connectivity index (χ0) is 14.8. The lowest BCUT2D eigenvalue weighted by atomic mass is 9.87. The fraction of sp³-hybridized carbons (Fsp3) is 0.765. The molecule has 1 amide bonds. The maximum atomic E-state index is 12.4. The Balaban J connectivity index is 1.63. The number of hydrogen-bond donors (Lipinski definition) is 2. The number of aromatic amines is 1. The number of amides is 1. The first-order chi connectivity index (χ1) is 10.1. The van der Waals surface area contributed by atoms with Crippen LogP contribution in [0.3, 0.4) is 0 Å². The zero-order valence-corrected chi connectivity index (χ0v) is 13.2. The predicted octanol–water partition coefficient (Wildman–Crippen LogP) is 3.62. The third-order valence-electron chi connectivity index (χ3n) is 5.02. The van der Waals surface area contributed by atoms with E-state index in [4.69, 9.17) is 0 Å². The molecule has 1 aromatic rings. The van der Waals surface area contributed by atoms with Crippen molar-refractivity contribution in [2.24, 2.45) is 11.8 Å². The maximum absolute atomic E-state index is 12.4. The summed E-state index contributed by atoms with van der Waals surface area (Å²) in [7, 11) is 0. The maximum Gasteiger partial charge on any atom is 0.272 e. The van der Waals surface area contributed by atoms with E-state index in [1.807, 2.05) is 6.07 Å². The number of aromatic nitrogens is 2. The van der Waals surface area contributed by atoms with Crippen LogP contribution in [-0.2, 0) is 0 Å². The summed E-state index contributed by atoms with van der Waals surface area (Å²) in [5, 5.41) is 10.5. The average molecular weight is 289 g/mol. The molecule has 1 unspecified atom stereocenters. The molecule has 4 nitrogen and oxygen atoms in total. The van der Waals surface area contributed by atoms with Crippen molar-refractivity contribution >= 4 is 5.91 Å². The summed E-state index contributed by atoms with van der Waals surface area (Å²) in [6.07, 6.45) is 8.87. The highest BCUT2D eigenvalue weighted by Gasteiger charge is 2.34. The van der Waals surface area contributed by atoms with Gasteiger partial charge in [-0.1, -0.05) is 33.1 Å². The third kappa shape index (κ3) is 3.47. The molecule has 116 valence electrons. The second kappa shape index (κ2) is 6.20. The van der Waals surface area contributed by atoms with Crippen molar-refractivity contribution in [1.82, 2.24) is 15.5 Å². The van der Waals surface area contributed by atoms with E-state index in [2.05, 4.69) is 29.4 Å². The minimum atomic E-state index is -0.0149. The van der Waals surface area contributed by atoms with Crippen molar-refractivity contribution in [3.8, 4) is 0 Å². The topological polar surface area (TPSA) is 57.8 Å². The van der Waals surface area contributed by atoms with Gasteiger partial charge in [-0.2, -0.15) is 5.10 Å². The highest BCUT2D eigenvalue weighted by molar-refractivity contribution is 5.92. The van der Waals surface area contributed by atoms with E-state index >= 15 is 0 Å². The normalized spacial score (nSPS) is 21.5. The number of carbonyl (C=O) groups excluding carboxylic acids is 1. The monoisotopic (exact) mass is 289 g/mol. The van der Waals surface area contributed by atoms with Crippen molar-refractivity contribution in [1.29, 1.82) is 0 Å². The lowest BCUT2D eigenvalue weighted by molar-refractivity contribution is 0.0914. The van der Waals surface area contributed by atoms with Crippen molar-refractivity contribution in [3.05, 3.63) is 17.5 Å². The van der Waals surface area contributed by atoms with E-state index in [1.165, 1.54) is 44.9 Å². The Hall–Kier alpha value is -1.32. The summed E-state index contributed by atoms with van der Waals surface area (Å²) in [4.78, 5) is 12.4. The summed E-state index contributed by atoms with van der Waals surface area (Å²) in [5.74, 6) is 1.71. The van der Waals surface area contributed by atoms with Crippen LogP contribution in [0.5, 0.6) is 0 Å². The van der Waals surface area contributed by atoms with Crippen LogP contribution in [0.1, 0.15) is 80.9 Å². The summed E-state index contributed by atoms with van der Waals surface area (Å²) >= 11 is 0. The van der Waals surface area contributed by atoms with Crippen LogP contribution in [-0.4, -0.2) is 22.1 Å². The van der Waals surface area contributed by atoms with Gasteiger partial charge in [-0.3, -0.25) is 9.89 Å². The Bertz CT molecular complexity index is 482. The molecule has 1 aromatic heterocycles. The van der Waals surface area contributed by atoms with Crippen LogP contribution >= 0.6 is 0 Å². The van der Waals surface area contributed by atoms with Gasteiger partial charge in [-0.25, -0.2) is 0 Å². The molecule has 2 N–H and O–H groups in total. The van der Waals surface area contributed by atoms with Gasteiger partial charge in [-0.15, -0.1) is 0 Å². The molecule has 0 radical (unpaired) electrons. The van der Waals surface area contributed by atoms with E-state index in [0.717, 1.165) is 5.69 Å². The standard InChI is InChI=1S/C17H27N3O/c1-11(2)16(13-8-9-13)18-17(21)15-10-14(19-20-15)12-6-4-3-5-7-12/h10-13,16H,3-9H2,1-2H3,(H,18,21)(H,19,20). The van der Waals surface area contributed by atoms with Gasteiger partial charge in [0.25, 0.3) is 5.91 Å². The quantitative estimate of drug-likeness (QED) is 0.869. The first-order valence-corrected chi connectivity index (χ1v) is 8.51. The fourth-order valence-corrected chi connectivity index (χ4v) is 3.59. The van der Waals surface area contributed by atoms with Gasteiger partial charge >= 0.3 is 0 Å². The molecule has 0 aliphatic heterocycles. The first kappa shape index (κ1) is 14.6. The second-order valence-corrected chi connectivity index (χ2v) is 7.12. The summed E-state index contributed by atoms with van der Waals surface area (Å²) in [6.45, 7) is 4.36. The third-order valence-corrected chi connectivity index (χ3v) is 5.02. The fourth-order valence-electron chi connectivity index (χ4n) is 3.59. The van der Waals surface area contributed by atoms with Gasteiger partial charge in [0.2, 0.25) is 0 Å². The molecule has 0 aromatic carbocycles. The largest absolute Gasteiger partial charge is 0.347 e. The van der Waals surface area contributed by atoms with Crippen LogP contribution in [0.15, 0.2) is 6.07 Å². The lowest BCUT2D eigenvalue weighted by Crippen LogP contribution is -2.40. The smallest absolute Gasteiger partial charge is 0.272 e. The summed E-state index contributed by atoms with van der Waals surface area (Å²) < 4.78 is 0. The molecular weight excluding hydrogens is 262 g/mol. The van der Waals surface area contributed by atoms with E-state index in [-0.39, 0.29) is 5.91 Å². The molecule has 2 fully saturated rings. The van der Waals surface area contributed by atoms with E-state index in [9.17, 15) is 4.79 Å². The molecule has 2 aliphatic rings. The molecule has 0 bridgehead atoms. The molecular formula is C17H27N3O. The van der Waals surface area contributed by atoms with Gasteiger partial charge in [-0.05, 0) is 43.6 Å². The van der Waals surface area contributed by atoms with Crippen LogP contribution < -0.4 is 5.32 Å². The van der Waals surface area contributed by atoms with Crippen LogP contribution in [0.25, 0.3) is 0 Å². The number of hydrogen-bond acceptors (Lipinski definition) is 2. The highest BCUT2D eigenvalue weighted by Crippen LogP contribution is 2.36. The van der Waals surface area contributed by atoms with Gasteiger partial charge < -0.3 is 5.32 Å². The predicted molar refractivity (Wildman–Crippen MR) is 83.2 cm³/mol. The van der Waals surface area contributed by atoms with E-state index in [1.54, 1.807) is 0 Å². The summed E-state index contributed by atoms with van der Waals surface area (Å²) in [5.41, 5.74) is 1.70. The molecule has 4 heteroatoms. The van der Waals surface area contributed by atoms with E-state index in [0.29, 0.717) is 29.5 Å². The Morgan fingerprint density at radius 2 is 1.95 bits per heavy atom. The molecule has 1 heterocycles. The van der Waals surface area contributed by atoms with Gasteiger partial charge in [0.05, 0.1) is 0 Å². The van der Waals surface area contributed by atoms with Gasteiger partial charge in [0.1, 0.15) is 5.69 Å². The highest BCUT2D eigenvalue weighted by atomic mass is 16.2. The van der Waals surface area contributed by atoms with Crippen LogP contribution in [0, 0.1) is 11.8 Å². The average Bonchev–Trinajstić information content (AvgIpc) is 3.20. The zero-order valence-electron chi connectivity index (χ0n) is 13.2. The number of nitrogens with zero attached hydrogens (tertiary/aromatic N) is 1. The van der Waals surface area contributed by atoms with E-state index < -0.39 is 0 Å². The molecule has 2 aliphatic carbocycles. The van der Waals surface area contributed by atoms with Crippen molar-refractivity contribution in [2.75, 3.05) is 0 Å². The Kier molecular flexibility index (Phi) is 4.32. The van der Waals surface area contributed by atoms with Crippen LogP contribution in [0.2, 0.25) is 0 Å². The second-order valence-electron chi connectivity index (χ2n) is 7.12. The van der Waals surface area contributed by atoms with Crippen molar-refractivity contribution < 1.29 is 4.79 Å².